The second kappa shape index (κ2) is 3.36. The molecule has 0 aliphatic heterocycles. The summed E-state index contributed by atoms with van der Waals surface area (Å²) in [4.78, 5) is 15.3. The van der Waals surface area contributed by atoms with Crippen molar-refractivity contribution in [3.63, 3.8) is 0 Å². The number of aromatic nitrogens is 1. The van der Waals surface area contributed by atoms with Crippen LogP contribution in [0.25, 0.3) is 10.9 Å². The monoisotopic (exact) mass is 233 g/mol. The molecule has 1 N–H and O–H groups in total. The predicted octanol–water partition coefficient (Wildman–Crippen LogP) is 3.65. The molecular weight excluding hydrogens is 222 g/mol. The minimum Gasteiger partial charge on any atom is -0.358 e. The first kappa shape index (κ1) is 9.91. The van der Waals surface area contributed by atoms with Crippen molar-refractivity contribution in [1.82, 2.24) is 4.98 Å². The molecule has 1 heterocycles. The van der Waals surface area contributed by atoms with Gasteiger partial charge in [-0.3, -0.25) is 4.79 Å². The number of hydrogen-bond donors (Lipinski definition) is 1. The maximum Gasteiger partial charge on any atom is 0.165 e. The van der Waals surface area contributed by atoms with Crippen LogP contribution in [0.15, 0.2) is 12.1 Å². The van der Waals surface area contributed by atoms with E-state index in [9.17, 15) is 4.79 Å². The van der Waals surface area contributed by atoms with E-state index in [4.69, 9.17) is 11.6 Å². The number of Topliss-reactive ketones (excluding diaryl/α,β-unsaturated/α-hetero) is 1. The molecule has 82 valence electrons. The fourth-order valence-corrected chi connectivity index (χ4v) is 2.65. The molecule has 0 radical (unpaired) electrons. The van der Waals surface area contributed by atoms with Gasteiger partial charge in [-0.2, -0.15) is 0 Å². The lowest BCUT2D eigenvalue weighted by Crippen LogP contribution is -2.08. The fourth-order valence-electron chi connectivity index (χ4n) is 2.49. The van der Waals surface area contributed by atoms with Gasteiger partial charge in [-0.1, -0.05) is 17.7 Å². The van der Waals surface area contributed by atoms with Gasteiger partial charge < -0.3 is 4.98 Å². The first-order valence-corrected chi connectivity index (χ1v) is 5.89. The van der Waals surface area contributed by atoms with Crippen LogP contribution in [-0.2, 0) is 6.42 Å². The lowest BCUT2D eigenvalue weighted by atomic mass is 9.94. The molecular formula is C13H12ClNO. The van der Waals surface area contributed by atoms with E-state index in [1.807, 2.05) is 19.1 Å². The van der Waals surface area contributed by atoms with E-state index >= 15 is 0 Å². The fraction of sp³-hybridized carbons (Fsp3) is 0.308. The van der Waals surface area contributed by atoms with Gasteiger partial charge in [0.25, 0.3) is 0 Å². The minimum atomic E-state index is 0.259. The van der Waals surface area contributed by atoms with Crippen LogP contribution < -0.4 is 0 Å². The predicted molar refractivity (Wildman–Crippen MR) is 65.3 cm³/mol. The molecule has 2 aromatic rings. The Balaban J connectivity index is 2.41. The number of H-pyrrole nitrogens is 1. The molecule has 1 aliphatic rings. The summed E-state index contributed by atoms with van der Waals surface area (Å²) in [5, 5.41) is 1.78. The highest BCUT2D eigenvalue weighted by Gasteiger charge is 2.23. The van der Waals surface area contributed by atoms with E-state index < -0.39 is 0 Å². The second-order valence-corrected chi connectivity index (χ2v) is 4.76. The summed E-state index contributed by atoms with van der Waals surface area (Å²) in [6, 6.07) is 3.82. The summed E-state index contributed by atoms with van der Waals surface area (Å²) >= 11 is 6.08. The first-order chi connectivity index (χ1) is 7.68. The van der Waals surface area contributed by atoms with Crippen LogP contribution in [0.2, 0.25) is 5.02 Å². The standard InChI is InChI=1S/C13H12ClNO/c1-7-9(14)6-5-8-12-10(15-13(7)8)3-2-4-11(12)16/h5-6,15H,2-4H2,1H3. The Bertz CT molecular complexity index is 597. The summed E-state index contributed by atoms with van der Waals surface area (Å²) in [6.07, 6.45) is 2.58. The zero-order valence-corrected chi connectivity index (χ0v) is 9.82. The highest BCUT2D eigenvalue weighted by Crippen LogP contribution is 2.33. The molecule has 0 bridgehead atoms. The Morgan fingerprint density at radius 1 is 1.31 bits per heavy atom. The molecule has 16 heavy (non-hydrogen) atoms. The SMILES string of the molecule is Cc1c(Cl)ccc2c3c([nH]c12)CCCC3=O. The minimum absolute atomic E-state index is 0.259. The lowest BCUT2D eigenvalue weighted by molar-refractivity contribution is 0.0974. The number of halogens is 1. The molecule has 3 heteroatoms. The van der Waals surface area contributed by atoms with Gasteiger partial charge in [-0.25, -0.2) is 0 Å². The second-order valence-electron chi connectivity index (χ2n) is 4.35. The van der Waals surface area contributed by atoms with E-state index in [1.54, 1.807) is 0 Å². The van der Waals surface area contributed by atoms with Gasteiger partial charge in [0.15, 0.2) is 5.78 Å². The molecule has 2 nitrogen and oxygen atoms in total. The molecule has 1 aromatic heterocycles. The van der Waals surface area contributed by atoms with Crippen LogP contribution in [0.4, 0.5) is 0 Å². The summed E-state index contributed by atoms with van der Waals surface area (Å²) < 4.78 is 0. The van der Waals surface area contributed by atoms with Crippen molar-refractivity contribution in [1.29, 1.82) is 0 Å². The maximum atomic E-state index is 11.9. The van der Waals surface area contributed by atoms with E-state index in [1.165, 1.54) is 0 Å². The highest BCUT2D eigenvalue weighted by molar-refractivity contribution is 6.32. The summed E-state index contributed by atoms with van der Waals surface area (Å²) in [5.74, 6) is 0.259. The van der Waals surface area contributed by atoms with E-state index in [2.05, 4.69) is 4.98 Å². The number of rotatable bonds is 0. The molecule has 3 rings (SSSR count). The number of nitrogens with one attached hydrogen (secondary N) is 1. The third-order valence-corrected chi connectivity index (χ3v) is 3.76. The molecule has 0 amide bonds. The molecule has 0 saturated heterocycles. The molecule has 0 unspecified atom stereocenters. The zero-order chi connectivity index (χ0) is 11.3. The van der Waals surface area contributed by atoms with Crippen LogP contribution >= 0.6 is 11.6 Å². The summed E-state index contributed by atoms with van der Waals surface area (Å²) in [6.45, 7) is 1.98. The van der Waals surface area contributed by atoms with Crippen LogP contribution in [0, 0.1) is 6.92 Å². The number of ketones is 1. The van der Waals surface area contributed by atoms with Crippen LogP contribution in [-0.4, -0.2) is 10.8 Å². The third-order valence-electron chi connectivity index (χ3n) is 3.36. The molecule has 1 aromatic carbocycles. The van der Waals surface area contributed by atoms with Gasteiger partial charge in [0, 0.05) is 28.1 Å². The quantitative estimate of drug-likeness (QED) is 0.740. The number of hydrogen-bond acceptors (Lipinski definition) is 1. The van der Waals surface area contributed by atoms with Crippen molar-refractivity contribution in [2.24, 2.45) is 0 Å². The van der Waals surface area contributed by atoms with E-state index in [0.29, 0.717) is 6.42 Å². The third kappa shape index (κ3) is 1.23. The van der Waals surface area contributed by atoms with Crippen LogP contribution in [0.3, 0.4) is 0 Å². The number of carbonyl (C=O) groups is 1. The molecule has 0 fully saturated rings. The number of fused-ring (bicyclic) bond motifs is 3. The largest absolute Gasteiger partial charge is 0.358 e. The first-order valence-electron chi connectivity index (χ1n) is 5.51. The van der Waals surface area contributed by atoms with Crippen LogP contribution in [0.1, 0.15) is 34.5 Å². The van der Waals surface area contributed by atoms with Gasteiger partial charge in [-0.15, -0.1) is 0 Å². The summed E-state index contributed by atoms with van der Waals surface area (Å²) in [7, 11) is 0. The summed E-state index contributed by atoms with van der Waals surface area (Å²) in [5.41, 5.74) is 4.02. The lowest BCUT2D eigenvalue weighted by Gasteiger charge is -2.09. The Morgan fingerprint density at radius 2 is 2.12 bits per heavy atom. The van der Waals surface area contributed by atoms with Crippen LogP contribution in [0.5, 0.6) is 0 Å². The number of aryl methyl sites for hydroxylation is 2. The Morgan fingerprint density at radius 3 is 2.94 bits per heavy atom. The Hall–Kier alpha value is -1.28. The van der Waals surface area contributed by atoms with Gasteiger partial charge in [0.2, 0.25) is 0 Å². The normalized spacial score (nSPS) is 15.5. The average molecular weight is 234 g/mol. The van der Waals surface area contributed by atoms with E-state index in [-0.39, 0.29) is 5.78 Å². The van der Waals surface area contributed by atoms with Crippen molar-refractivity contribution in [3.05, 3.63) is 34.0 Å². The van der Waals surface area contributed by atoms with Crippen molar-refractivity contribution in [3.8, 4) is 0 Å². The Labute approximate surface area is 98.6 Å². The van der Waals surface area contributed by atoms with Gasteiger partial charge in [-0.05, 0) is 31.4 Å². The van der Waals surface area contributed by atoms with Crippen molar-refractivity contribution in [2.45, 2.75) is 26.2 Å². The topological polar surface area (TPSA) is 32.9 Å². The van der Waals surface area contributed by atoms with Crippen molar-refractivity contribution in [2.75, 3.05) is 0 Å². The highest BCUT2D eigenvalue weighted by atomic mass is 35.5. The zero-order valence-electron chi connectivity index (χ0n) is 9.06. The number of aromatic amines is 1. The van der Waals surface area contributed by atoms with E-state index in [0.717, 1.165) is 45.6 Å². The molecule has 1 aliphatic carbocycles. The smallest absolute Gasteiger partial charge is 0.165 e. The number of carbonyl (C=O) groups excluding carboxylic acids is 1. The Kier molecular flexibility index (Phi) is 2.08. The van der Waals surface area contributed by atoms with Gasteiger partial charge >= 0.3 is 0 Å². The average Bonchev–Trinajstić information content (AvgIpc) is 2.64. The van der Waals surface area contributed by atoms with Crippen molar-refractivity contribution >= 4 is 28.3 Å². The van der Waals surface area contributed by atoms with Crippen molar-refractivity contribution < 1.29 is 4.79 Å². The molecule has 0 spiro atoms. The molecule has 0 atom stereocenters. The molecule has 0 saturated carbocycles. The van der Waals surface area contributed by atoms with Gasteiger partial charge in [0.1, 0.15) is 0 Å². The van der Waals surface area contributed by atoms with Gasteiger partial charge in [0.05, 0.1) is 5.52 Å². The maximum absolute atomic E-state index is 11.9. The number of benzene rings is 1.